The second-order valence-corrected chi connectivity index (χ2v) is 6.04. The molecule has 2 aliphatic rings. The Morgan fingerprint density at radius 3 is 3.00 bits per heavy atom. The largest absolute Gasteiger partial charge is 0.469 e. The van der Waals surface area contributed by atoms with Crippen LogP contribution in [0.3, 0.4) is 0 Å². The fraction of sp³-hybridized carbons (Fsp3) is 0.714. The molecule has 0 spiro atoms. The van der Waals surface area contributed by atoms with Gasteiger partial charge in [0.25, 0.3) is 0 Å². The van der Waals surface area contributed by atoms with Gasteiger partial charge in [0.05, 0.1) is 12.4 Å². The molecule has 3 heteroatoms. The maximum absolute atomic E-state index is 9.77. The number of hydrogen-bond acceptors (Lipinski definition) is 3. The predicted octanol–water partition coefficient (Wildman–Crippen LogP) is 2.41. The highest BCUT2D eigenvalue weighted by Gasteiger charge is 2.48. The van der Waals surface area contributed by atoms with Gasteiger partial charge in [0, 0.05) is 29.5 Å². The second kappa shape index (κ2) is 3.85. The first kappa shape index (κ1) is 11.3. The Balaban J connectivity index is 1.72. The molecular weight excluding hydrogens is 214 g/mol. The van der Waals surface area contributed by atoms with Gasteiger partial charge >= 0.3 is 0 Å². The third-order valence-corrected chi connectivity index (χ3v) is 4.67. The van der Waals surface area contributed by atoms with Crippen molar-refractivity contribution in [2.24, 2.45) is 5.41 Å². The lowest BCUT2D eigenvalue weighted by molar-refractivity contribution is -0.0766. The van der Waals surface area contributed by atoms with Crippen LogP contribution in [0.5, 0.6) is 0 Å². The number of furan rings is 1. The molecule has 3 rings (SSSR count). The molecule has 1 aromatic rings. The van der Waals surface area contributed by atoms with E-state index in [0.29, 0.717) is 12.1 Å². The zero-order chi connectivity index (χ0) is 12.0. The van der Waals surface area contributed by atoms with Crippen molar-refractivity contribution in [3.8, 4) is 0 Å². The molecule has 0 saturated heterocycles. The average Bonchev–Trinajstić information content (AvgIpc) is 2.77. The first-order valence-electron chi connectivity index (χ1n) is 6.59. The Kier molecular flexibility index (Phi) is 2.56. The van der Waals surface area contributed by atoms with Crippen LogP contribution >= 0.6 is 0 Å². The molecule has 17 heavy (non-hydrogen) atoms. The Morgan fingerprint density at radius 2 is 2.29 bits per heavy atom. The summed E-state index contributed by atoms with van der Waals surface area (Å²) in [5, 5.41) is 13.5. The molecule has 1 heterocycles. The molecule has 94 valence electrons. The molecule has 1 fully saturated rings. The van der Waals surface area contributed by atoms with Crippen molar-refractivity contribution in [3.63, 3.8) is 0 Å². The summed E-state index contributed by atoms with van der Waals surface area (Å²) in [6.45, 7) is 4.27. The lowest BCUT2D eigenvalue weighted by Crippen LogP contribution is -2.60. The van der Waals surface area contributed by atoms with E-state index in [-0.39, 0.29) is 11.5 Å². The van der Waals surface area contributed by atoms with Crippen molar-refractivity contribution in [1.82, 2.24) is 5.32 Å². The van der Waals surface area contributed by atoms with Crippen LogP contribution in [0.1, 0.15) is 50.5 Å². The number of hydrogen-bond donors (Lipinski definition) is 2. The van der Waals surface area contributed by atoms with Gasteiger partial charge in [-0.25, -0.2) is 0 Å². The summed E-state index contributed by atoms with van der Waals surface area (Å²) in [6.07, 6.45) is 5.94. The molecule has 0 radical (unpaired) electrons. The highest BCUT2D eigenvalue weighted by atomic mass is 16.3. The molecule has 0 aliphatic heterocycles. The van der Waals surface area contributed by atoms with Crippen molar-refractivity contribution < 1.29 is 9.52 Å². The minimum absolute atomic E-state index is 0.00134. The molecule has 0 aromatic carbocycles. The molecule has 0 amide bonds. The van der Waals surface area contributed by atoms with Crippen LogP contribution in [-0.4, -0.2) is 17.3 Å². The van der Waals surface area contributed by atoms with Crippen molar-refractivity contribution in [3.05, 3.63) is 23.7 Å². The number of aryl methyl sites for hydroxylation is 1. The van der Waals surface area contributed by atoms with E-state index in [4.69, 9.17) is 4.42 Å². The van der Waals surface area contributed by atoms with Crippen LogP contribution in [0.25, 0.3) is 0 Å². The van der Waals surface area contributed by atoms with E-state index in [9.17, 15) is 5.11 Å². The maximum atomic E-state index is 9.77. The molecule has 2 N–H and O–H groups in total. The number of nitrogens with one attached hydrogen (secondary N) is 1. The van der Waals surface area contributed by atoms with Gasteiger partial charge in [-0.2, -0.15) is 0 Å². The van der Waals surface area contributed by atoms with Crippen LogP contribution in [0.4, 0.5) is 0 Å². The van der Waals surface area contributed by atoms with Crippen molar-refractivity contribution in [1.29, 1.82) is 0 Å². The minimum Gasteiger partial charge on any atom is -0.469 e. The van der Waals surface area contributed by atoms with Crippen LogP contribution in [0.15, 0.2) is 16.7 Å². The lowest BCUT2D eigenvalue weighted by Gasteiger charge is -2.51. The summed E-state index contributed by atoms with van der Waals surface area (Å²) in [6, 6.07) is 2.92. The predicted molar refractivity (Wildman–Crippen MR) is 65.7 cm³/mol. The van der Waals surface area contributed by atoms with Gasteiger partial charge < -0.3 is 14.8 Å². The maximum Gasteiger partial charge on any atom is 0.108 e. The van der Waals surface area contributed by atoms with Crippen molar-refractivity contribution >= 4 is 0 Å². The summed E-state index contributed by atoms with van der Waals surface area (Å²) >= 11 is 0. The van der Waals surface area contributed by atoms with E-state index >= 15 is 0 Å². The third kappa shape index (κ3) is 1.72. The molecular formula is C14H21NO2. The molecule has 1 saturated carbocycles. The topological polar surface area (TPSA) is 45.4 Å². The van der Waals surface area contributed by atoms with Crippen molar-refractivity contribution in [2.45, 2.75) is 57.7 Å². The van der Waals surface area contributed by atoms with Crippen molar-refractivity contribution in [2.75, 3.05) is 0 Å². The number of aliphatic hydroxyl groups is 1. The summed E-state index contributed by atoms with van der Waals surface area (Å²) in [5.74, 6) is 1.14. The molecule has 3 unspecified atom stereocenters. The highest BCUT2D eigenvalue weighted by molar-refractivity contribution is 5.24. The second-order valence-electron chi connectivity index (χ2n) is 6.04. The summed E-state index contributed by atoms with van der Waals surface area (Å²) < 4.78 is 5.50. The van der Waals surface area contributed by atoms with E-state index in [2.05, 4.69) is 25.2 Å². The third-order valence-electron chi connectivity index (χ3n) is 4.67. The lowest BCUT2D eigenvalue weighted by atomic mass is 9.64. The molecule has 0 bridgehead atoms. The zero-order valence-electron chi connectivity index (χ0n) is 10.6. The standard InChI is InChI=1S/C14H21NO2/c1-14(2)12(8-13(14)16)15-10-4-3-5-11-9(10)6-7-17-11/h6-7,10,12-13,15-16H,3-5,8H2,1-2H3. The summed E-state index contributed by atoms with van der Waals surface area (Å²) in [7, 11) is 0. The van der Waals surface area contributed by atoms with E-state index in [1.807, 2.05) is 0 Å². The van der Waals surface area contributed by atoms with Gasteiger partial charge in [-0.05, 0) is 25.3 Å². The average molecular weight is 235 g/mol. The smallest absolute Gasteiger partial charge is 0.108 e. The minimum atomic E-state index is -0.160. The van der Waals surface area contributed by atoms with E-state index in [1.165, 1.54) is 18.4 Å². The number of aliphatic hydroxyl groups excluding tert-OH is 1. The number of rotatable bonds is 2. The van der Waals surface area contributed by atoms with Crippen LogP contribution < -0.4 is 5.32 Å². The first-order valence-corrected chi connectivity index (χ1v) is 6.59. The molecule has 2 aliphatic carbocycles. The highest BCUT2D eigenvalue weighted by Crippen LogP contribution is 2.43. The Bertz CT molecular complexity index is 410. The van der Waals surface area contributed by atoms with E-state index in [1.54, 1.807) is 6.26 Å². The van der Waals surface area contributed by atoms with Gasteiger partial charge in [-0.15, -0.1) is 0 Å². The molecule has 3 nitrogen and oxygen atoms in total. The van der Waals surface area contributed by atoms with Crippen LogP contribution in [0.2, 0.25) is 0 Å². The van der Waals surface area contributed by atoms with E-state index < -0.39 is 0 Å². The molecule has 3 atom stereocenters. The van der Waals surface area contributed by atoms with Gasteiger partial charge in [0.1, 0.15) is 5.76 Å². The van der Waals surface area contributed by atoms with Gasteiger partial charge in [-0.1, -0.05) is 13.8 Å². The monoisotopic (exact) mass is 235 g/mol. The Hall–Kier alpha value is -0.800. The summed E-state index contributed by atoms with van der Waals surface area (Å²) in [5.41, 5.74) is 1.33. The summed E-state index contributed by atoms with van der Waals surface area (Å²) in [4.78, 5) is 0. The van der Waals surface area contributed by atoms with Crippen LogP contribution in [-0.2, 0) is 6.42 Å². The molecule has 1 aromatic heterocycles. The first-order chi connectivity index (χ1) is 8.09. The Morgan fingerprint density at radius 1 is 1.47 bits per heavy atom. The van der Waals surface area contributed by atoms with Gasteiger partial charge in [0.2, 0.25) is 0 Å². The fourth-order valence-electron chi connectivity index (χ4n) is 3.09. The fourth-order valence-corrected chi connectivity index (χ4v) is 3.09. The SMILES string of the molecule is CC1(C)C(O)CC1NC1CCCc2occc21. The quantitative estimate of drug-likeness (QED) is 0.827. The van der Waals surface area contributed by atoms with E-state index in [0.717, 1.165) is 18.6 Å². The van der Waals surface area contributed by atoms with Gasteiger partial charge in [0.15, 0.2) is 0 Å². The van der Waals surface area contributed by atoms with Gasteiger partial charge in [-0.3, -0.25) is 0 Å². The normalized spacial score (nSPS) is 35.1. The van der Waals surface area contributed by atoms with Crippen LogP contribution in [0, 0.1) is 5.41 Å². The number of fused-ring (bicyclic) bond motifs is 1. The Labute approximate surface area is 102 Å². The zero-order valence-corrected chi connectivity index (χ0v) is 10.6.